The summed E-state index contributed by atoms with van der Waals surface area (Å²) in [7, 11) is -4.35. The summed E-state index contributed by atoms with van der Waals surface area (Å²) >= 11 is 0. The number of nitrogens with one attached hydrogen (secondary N) is 1. The smallest absolute Gasteiger partial charge is 0.264 e. The molecule has 42 heavy (non-hydrogen) atoms. The first-order chi connectivity index (χ1) is 20.0. The Morgan fingerprint density at radius 3 is 2.33 bits per heavy atom. The van der Waals surface area contributed by atoms with Gasteiger partial charge >= 0.3 is 0 Å². The average molecular weight is 598 g/mol. The Morgan fingerprint density at radius 2 is 1.67 bits per heavy atom. The first-order valence-electron chi connectivity index (χ1n) is 13.8. The van der Waals surface area contributed by atoms with Crippen LogP contribution >= 0.6 is 0 Å². The molecule has 2 atom stereocenters. The van der Waals surface area contributed by atoms with Crippen LogP contribution in [0.3, 0.4) is 0 Å². The second-order valence-electron chi connectivity index (χ2n) is 10.3. The van der Waals surface area contributed by atoms with Crippen molar-refractivity contribution < 1.29 is 31.9 Å². The Labute approximate surface area is 246 Å². The molecule has 224 valence electrons. The Kier molecular flexibility index (Phi) is 9.72. The van der Waals surface area contributed by atoms with Crippen molar-refractivity contribution in [3.05, 3.63) is 83.7 Å². The molecule has 3 aromatic rings. The molecule has 4 rings (SSSR count). The van der Waals surface area contributed by atoms with E-state index in [0.29, 0.717) is 18.8 Å². The van der Waals surface area contributed by atoms with Gasteiger partial charge in [0.25, 0.3) is 10.0 Å². The van der Waals surface area contributed by atoms with Gasteiger partial charge in [0.05, 0.1) is 10.6 Å². The highest BCUT2D eigenvalue weighted by atomic mass is 32.2. The number of anilines is 1. The van der Waals surface area contributed by atoms with Crippen molar-refractivity contribution >= 4 is 27.5 Å². The van der Waals surface area contributed by atoms with E-state index in [1.54, 1.807) is 6.92 Å². The zero-order valence-corrected chi connectivity index (χ0v) is 25.0. The van der Waals surface area contributed by atoms with Gasteiger partial charge in [-0.1, -0.05) is 36.8 Å². The van der Waals surface area contributed by atoms with Gasteiger partial charge in [-0.15, -0.1) is 0 Å². The summed E-state index contributed by atoms with van der Waals surface area (Å²) in [5.41, 5.74) is 1.85. The molecule has 1 aliphatic rings. The lowest BCUT2D eigenvalue weighted by molar-refractivity contribution is -0.139. The number of carbonyl (C=O) groups is 2. The minimum atomic E-state index is -4.35. The van der Waals surface area contributed by atoms with Gasteiger partial charge in [0.15, 0.2) is 11.5 Å². The lowest BCUT2D eigenvalue weighted by Gasteiger charge is -2.32. The summed E-state index contributed by atoms with van der Waals surface area (Å²) in [6.45, 7) is 7.40. The molecule has 0 saturated heterocycles. The molecule has 0 aliphatic carbocycles. The third-order valence-electron chi connectivity index (χ3n) is 7.10. The number of rotatable bonds is 11. The average Bonchev–Trinajstić information content (AvgIpc) is 2.98. The lowest BCUT2D eigenvalue weighted by atomic mass is 10.1. The quantitative estimate of drug-likeness (QED) is 0.351. The Hall–Kier alpha value is -4.12. The molecule has 0 radical (unpaired) electrons. The molecule has 0 fully saturated rings. The largest absolute Gasteiger partial charge is 0.486 e. The number of hydrogen-bond acceptors (Lipinski definition) is 6. The van der Waals surface area contributed by atoms with Crippen molar-refractivity contribution in [3.8, 4) is 11.5 Å². The molecule has 0 unspecified atom stereocenters. The van der Waals surface area contributed by atoms with E-state index in [-0.39, 0.29) is 41.4 Å². The molecule has 2 amide bonds. The van der Waals surface area contributed by atoms with Gasteiger partial charge in [-0.3, -0.25) is 13.9 Å². The van der Waals surface area contributed by atoms with E-state index in [1.165, 1.54) is 35.2 Å². The topological polar surface area (TPSA) is 105 Å². The van der Waals surface area contributed by atoms with E-state index in [2.05, 4.69) is 5.32 Å². The Bertz CT molecular complexity index is 1530. The number of aryl methyl sites for hydroxylation is 1. The summed E-state index contributed by atoms with van der Waals surface area (Å²) in [6, 6.07) is 15.6. The van der Waals surface area contributed by atoms with Crippen LogP contribution in [0.15, 0.2) is 71.6 Å². The second kappa shape index (κ2) is 13.2. The molecule has 0 bridgehead atoms. The van der Waals surface area contributed by atoms with E-state index < -0.39 is 34.3 Å². The number of ether oxygens (including phenoxy) is 2. The van der Waals surface area contributed by atoms with Gasteiger partial charge in [-0.2, -0.15) is 0 Å². The number of fused-ring (bicyclic) bond motifs is 1. The minimum absolute atomic E-state index is 0.0803. The van der Waals surface area contributed by atoms with Crippen LogP contribution in [0.2, 0.25) is 0 Å². The normalized spacial score (nSPS) is 14.0. The summed E-state index contributed by atoms with van der Waals surface area (Å²) in [4.78, 5) is 28.4. The van der Waals surface area contributed by atoms with Gasteiger partial charge < -0.3 is 19.7 Å². The highest BCUT2D eigenvalue weighted by Gasteiger charge is 2.33. The predicted molar refractivity (Wildman–Crippen MR) is 157 cm³/mol. The fourth-order valence-corrected chi connectivity index (χ4v) is 5.93. The second-order valence-corrected chi connectivity index (χ2v) is 12.2. The maximum atomic E-state index is 14.0. The molecule has 1 N–H and O–H groups in total. The standard InChI is InChI=1S/C31H36FN3O6S/c1-5-22(3)33-31(37)23(4)34(19-24-8-6-7-21(2)17-24)30(36)20-35(26-11-9-25(32)10-12-26)42(38,39)27-13-14-28-29(18-27)41-16-15-40-28/h6-14,17-18,22-23H,5,15-16,19-20H2,1-4H3,(H,33,37)/t22-,23+/m1/s1. The number of sulfonamides is 1. The fraction of sp³-hybridized carbons (Fsp3) is 0.355. The Morgan fingerprint density at radius 1 is 0.976 bits per heavy atom. The summed E-state index contributed by atoms with van der Waals surface area (Å²) in [5.74, 6) is -0.834. The predicted octanol–water partition coefficient (Wildman–Crippen LogP) is 4.43. The van der Waals surface area contributed by atoms with Crippen LogP contribution < -0.4 is 19.1 Å². The van der Waals surface area contributed by atoms with E-state index in [4.69, 9.17) is 9.47 Å². The summed E-state index contributed by atoms with van der Waals surface area (Å²) in [5, 5.41) is 2.91. The number of nitrogens with zero attached hydrogens (tertiary/aromatic N) is 2. The molecule has 11 heteroatoms. The van der Waals surface area contributed by atoms with Crippen molar-refractivity contribution in [1.29, 1.82) is 0 Å². The van der Waals surface area contributed by atoms with Crippen LogP contribution in [0.5, 0.6) is 11.5 Å². The van der Waals surface area contributed by atoms with Crippen molar-refractivity contribution in [2.75, 3.05) is 24.1 Å². The third-order valence-corrected chi connectivity index (χ3v) is 8.87. The SMILES string of the molecule is CC[C@@H](C)NC(=O)[C@H](C)N(Cc1cccc(C)c1)C(=O)CN(c1ccc(F)cc1)S(=O)(=O)c1ccc2c(c1)OCCO2. The first kappa shape index (κ1) is 30.8. The summed E-state index contributed by atoms with van der Waals surface area (Å²) < 4.78 is 53.9. The number of hydrogen-bond donors (Lipinski definition) is 1. The maximum absolute atomic E-state index is 14.0. The monoisotopic (exact) mass is 597 g/mol. The minimum Gasteiger partial charge on any atom is -0.486 e. The third kappa shape index (κ3) is 7.20. The summed E-state index contributed by atoms with van der Waals surface area (Å²) in [6.07, 6.45) is 0.705. The highest BCUT2D eigenvalue weighted by molar-refractivity contribution is 7.92. The van der Waals surface area contributed by atoms with Crippen molar-refractivity contribution in [1.82, 2.24) is 10.2 Å². The van der Waals surface area contributed by atoms with Crippen LogP contribution in [0, 0.1) is 12.7 Å². The van der Waals surface area contributed by atoms with Crippen LogP contribution in [-0.4, -0.2) is 57.0 Å². The van der Waals surface area contributed by atoms with Crippen LogP contribution in [0.1, 0.15) is 38.3 Å². The molecule has 0 saturated carbocycles. The first-order valence-corrected chi connectivity index (χ1v) is 15.3. The number of amides is 2. The van der Waals surface area contributed by atoms with E-state index in [9.17, 15) is 22.4 Å². The van der Waals surface area contributed by atoms with Gasteiger partial charge in [-0.25, -0.2) is 12.8 Å². The molecule has 0 spiro atoms. The van der Waals surface area contributed by atoms with Gasteiger partial charge in [0.2, 0.25) is 11.8 Å². The van der Waals surface area contributed by atoms with E-state index in [0.717, 1.165) is 27.6 Å². The van der Waals surface area contributed by atoms with Gasteiger partial charge in [0.1, 0.15) is 31.6 Å². The molecule has 9 nitrogen and oxygen atoms in total. The van der Waals surface area contributed by atoms with E-state index in [1.807, 2.05) is 45.0 Å². The van der Waals surface area contributed by atoms with Crippen LogP contribution in [-0.2, 0) is 26.2 Å². The lowest BCUT2D eigenvalue weighted by Crippen LogP contribution is -2.52. The van der Waals surface area contributed by atoms with Crippen LogP contribution in [0.25, 0.3) is 0 Å². The molecule has 1 aliphatic heterocycles. The zero-order valence-electron chi connectivity index (χ0n) is 24.2. The molecule has 0 aromatic heterocycles. The zero-order chi connectivity index (χ0) is 30.4. The molecule has 1 heterocycles. The fourth-order valence-electron chi connectivity index (χ4n) is 4.50. The highest BCUT2D eigenvalue weighted by Crippen LogP contribution is 2.34. The van der Waals surface area contributed by atoms with Gasteiger partial charge in [-0.05, 0) is 69.2 Å². The molecular weight excluding hydrogens is 561 g/mol. The number of benzene rings is 3. The van der Waals surface area contributed by atoms with Gasteiger partial charge in [0, 0.05) is 18.7 Å². The van der Waals surface area contributed by atoms with Crippen LogP contribution in [0.4, 0.5) is 10.1 Å². The van der Waals surface area contributed by atoms with Crippen molar-refractivity contribution in [2.24, 2.45) is 0 Å². The molecule has 3 aromatic carbocycles. The molecular formula is C31H36FN3O6S. The number of carbonyl (C=O) groups excluding carboxylic acids is 2. The van der Waals surface area contributed by atoms with E-state index >= 15 is 0 Å². The van der Waals surface area contributed by atoms with Crippen molar-refractivity contribution in [3.63, 3.8) is 0 Å². The van der Waals surface area contributed by atoms with Crippen molar-refractivity contribution in [2.45, 2.75) is 57.6 Å². The number of halogens is 1. The maximum Gasteiger partial charge on any atom is 0.264 e. The Balaban J connectivity index is 1.72.